The fourth-order valence-electron chi connectivity index (χ4n) is 3.79. The maximum atomic E-state index is 13.0. The van der Waals surface area contributed by atoms with E-state index >= 15 is 0 Å². The van der Waals surface area contributed by atoms with Crippen molar-refractivity contribution in [2.24, 2.45) is 0 Å². The van der Waals surface area contributed by atoms with Crippen LogP contribution in [-0.4, -0.2) is 42.1 Å². The zero-order chi connectivity index (χ0) is 19.2. The van der Waals surface area contributed by atoms with E-state index in [2.05, 4.69) is 10.6 Å². The number of hydrogen-bond acceptors (Lipinski definition) is 5. The molecule has 0 spiro atoms. The smallest absolute Gasteiger partial charge is 0.329 e. The first kappa shape index (κ1) is 19.8. The van der Waals surface area contributed by atoms with Crippen molar-refractivity contribution in [2.75, 3.05) is 18.5 Å². The average molecular weight is 394 g/mol. The van der Waals surface area contributed by atoms with Crippen molar-refractivity contribution < 1.29 is 24.2 Å². The number of aryl methyl sites for hydroxylation is 1. The molecule has 1 fully saturated rings. The summed E-state index contributed by atoms with van der Waals surface area (Å²) in [7, 11) is 0. The highest BCUT2D eigenvalue weighted by Gasteiger charge is 2.28. The molecule has 1 heterocycles. The summed E-state index contributed by atoms with van der Waals surface area (Å²) in [6.45, 7) is -0.873. The van der Waals surface area contributed by atoms with Crippen LogP contribution >= 0.6 is 11.3 Å². The number of amides is 2. The summed E-state index contributed by atoms with van der Waals surface area (Å²) in [5.74, 6) is -1.67. The van der Waals surface area contributed by atoms with E-state index in [1.54, 1.807) is 0 Å². The fourth-order valence-corrected chi connectivity index (χ4v) is 5.10. The largest absolute Gasteiger partial charge is 0.480 e. The summed E-state index contributed by atoms with van der Waals surface area (Å²) in [6, 6.07) is 0.202. The van der Waals surface area contributed by atoms with E-state index in [-0.39, 0.29) is 18.6 Å². The van der Waals surface area contributed by atoms with E-state index in [9.17, 15) is 14.4 Å². The summed E-state index contributed by atoms with van der Waals surface area (Å²) in [6.07, 6.45) is 9.41. The number of carboxylic acids is 1. The van der Waals surface area contributed by atoms with E-state index < -0.39 is 18.5 Å². The maximum absolute atomic E-state index is 13.0. The van der Waals surface area contributed by atoms with Gasteiger partial charge >= 0.3 is 5.97 Å². The lowest BCUT2D eigenvalue weighted by atomic mass is 9.93. The predicted molar refractivity (Wildman–Crippen MR) is 102 cm³/mol. The molecule has 1 aromatic rings. The molecular formula is C19H26N2O5S. The highest BCUT2D eigenvalue weighted by molar-refractivity contribution is 7.17. The first-order valence-corrected chi connectivity index (χ1v) is 10.4. The Kier molecular flexibility index (Phi) is 6.84. The van der Waals surface area contributed by atoms with Gasteiger partial charge < -0.3 is 20.5 Å². The second-order valence-corrected chi connectivity index (χ2v) is 8.26. The van der Waals surface area contributed by atoms with Gasteiger partial charge in [0.25, 0.3) is 11.8 Å². The Morgan fingerprint density at radius 3 is 2.52 bits per heavy atom. The molecule has 0 bridgehead atoms. The molecule has 1 aromatic heterocycles. The monoisotopic (exact) mass is 394 g/mol. The quantitative estimate of drug-likeness (QED) is 0.660. The van der Waals surface area contributed by atoms with Crippen molar-refractivity contribution in [1.29, 1.82) is 0 Å². The number of nitrogens with one attached hydrogen (secondary N) is 2. The number of ether oxygens (including phenoxy) is 1. The van der Waals surface area contributed by atoms with Gasteiger partial charge in [-0.15, -0.1) is 11.3 Å². The molecule has 0 atom stereocenters. The third kappa shape index (κ3) is 5.29. The van der Waals surface area contributed by atoms with Crippen molar-refractivity contribution in [3.63, 3.8) is 0 Å². The maximum Gasteiger partial charge on any atom is 0.329 e. The van der Waals surface area contributed by atoms with E-state index in [0.717, 1.165) is 61.8 Å². The van der Waals surface area contributed by atoms with Crippen LogP contribution in [0, 0.1) is 0 Å². The molecule has 0 radical (unpaired) electrons. The van der Waals surface area contributed by atoms with Gasteiger partial charge in [0.05, 0.1) is 5.56 Å². The van der Waals surface area contributed by atoms with Crippen LogP contribution in [0.1, 0.15) is 65.7 Å². The molecule has 0 aliphatic heterocycles. The van der Waals surface area contributed by atoms with Crippen molar-refractivity contribution in [3.8, 4) is 0 Å². The van der Waals surface area contributed by atoms with Crippen LogP contribution in [0.25, 0.3) is 0 Å². The Morgan fingerprint density at radius 1 is 1.04 bits per heavy atom. The van der Waals surface area contributed by atoms with Crippen LogP contribution in [0.15, 0.2) is 0 Å². The van der Waals surface area contributed by atoms with Crippen molar-refractivity contribution in [2.45, 2.75) is 63.8 Å². The summed E-state index contributed by atoms with van der Waals surface area (Å²) in [4.78, 5) is 36.8. The molecule has 7 nitrogen and oxygen atoms in total. The highest BCUT2D eigenvalue weighted by atomic mass is 32.1. The number of anilines is 1. The normalized spacial score (nSPS) is 17.2. The minimum Gasteiger partial charge on any atom is -0.480 e. The first-order chi connectivity index (χ1) is 13.0. The van der Waals surface area contributed by atoms with Crippen molar-refractivity contribution >= 4 is 34.1 Å². The molecule has 2 amide bonds. The molecule has 0 unspecified atom stereocenters. The SMILES string of the molecule is O=C(O)COCC(=O)Nc1sc2c(c1C(=O)NC1CCCCC1)CCCC2. The lowest BCUT2D eigenvalue weighted by Gasteiger charge is -2.23. The molecule has 2 aliphatic carbocycles. The number of fused-ring (bicyclic) bond motifs is 1. The Morgan fingerprint density at radius 2 is 1.78 bits per heavy atom. The zero-order valence-corrected chi connectivity index (χ0v) is 16.2. The second-order valence-electron chi connectivity index (χ2n) is 7.16. The Bertz CT molecular complexity index is 709. The summed E-state index contributed by atoms with van der Waals surface area (Å²) < 4.78 is 4.85. The Balaban J connectivity index is 1.72. The van der Waals surface area contributed by atoms with Gasteiger partial charge in [-0.05, 0) is 44.1 Å². The van der Waals surface area contributed by atoms with Gasteiger partial charge in [0.2, 0.25) is 0 Å². The van der Waals surface area contributed by atoms with E-state index in [1.165, 1.54) is 17.8 Å². The summed E-state index contributed by atoms with van der Waals surface area (Å²) in [5, 5.41) is 15.1. The zero-order valence-electron chi connectivity index (χ0n) is 15.3. The molecular weight excluding hydrogens is 368 g/mol. The van der Waals surface area contributed by atoms with Gasteiger partial charge in [0.1, 0.15) is 18.2 Å². The number of thiophene rings is 1. The molecule has 148 valence electrons. The number of aliphatic carboxylic acids is 1. The molecule has 3 N–H and O–H groups in total. The lowest BCUT2D eigenvalue weighted by Crippen LogP contribution is -2.37. The third-order valence-electron chi connectivity index (χ3n) is 5.05. The number of hydrogen-bond donors (Lipinski definition) is 3. The van der Waals surface area contributed by atoms with Crippen LogP contribution in [0.2, 0.25) is 0 Å². The van der Waals surface area contributed by atoms with Gasteiger partial charge in [0, 0.05) is 10.9 Å². The summed E-state index contributed by atoms with van der Waals surface area (Å²) >= 11 is 1.46. The number of carbonyl (C=O) groups is 3. The van der Waals surface area contributed by atoms with Crippen molar-refractivity contribution in [1.82, 2.24) is 5.32 Å². The van der Waals surface area contributed by atoms with Gasteiger partial charge in [-0.1, -0.05) is 19.3 Å². The highest BCUT2D eigenvalue weighted by Crippen LogP contribution is 2.38. The molecule has 0 saturated heterocycles. The second kappa shape index (κ2) is 9.32. The van der Waals surface area contributed by atoms with Gasteiger partial charge in [-0.25, -0.2) is 4.79 Å². The number of carbonyl (C=O) groups excluding carboxylic acids is 2. The van der Waals surface area contributed by atoms with Crippen LogP contribution in [0.5, 0.6) is 0 Å². The van der Waals surface area contributed by atoms with Crippen LogP contribution in [-0.2, 0) is 27.2 Å². The van der Waals surface area contributed by atoms with Gasteiger partial charge in [0.15, 0.2) is 0 Å². The topological polar surface area (TPSA) is 105 Å². The van der Waals surface area contributed by atoms with E-state index in [1.807, 2.05) is 0 Å². The van der Waals surface area contributed by atoms with Crippen LogP contribution in [0.3, 0.4) is 0 Å². The standard InChI is InChI=1S/C19H26N2O5S/c22-15(10-26-11-16(23)24)21-19-17(13-8-4-5-9-14(13)27-19)18(25)20-12-6-2-1-3-7-12/h12H,1-11H2,(H,20,25)(H,21,22)(H,23,24). The number of rotatable bonds is 7. The number of carboxylic acid groups (broad SMARTS) is 1. The molecule has 0 aromatic carbocycles. The third-order valence-corrected chi connectivity index (χ3v) is 6.26. The first-order valence-electron chi connectivity index (χ1n) is 9.59. The Hall–Kier alpha value is -1.93. The van der Waals surface area contributed by atoms with E-state index in [4.69, 9.17) is 9.84 Å². The average Bonchev–Trinajstić information content (AvgIpc) is 3.00. The molecule has 2 aliphatic rings. The van der Waals surface area contributed by atoms with Gasteiger partial charge in [-0.2, -0.15) is 0 Å². The molecule has 27 heavy (non-hydrogen) atoms. The fraction of sp³-hybridized carbons (Fsp3) is 0.632. The van der Waals surface area contributed by atoms with Gasteiger partial charge in [-0.3, -0.25) is 9.59 Å². The van der Waals surface area contributed by atoms with Crippen LogP contribution < -0.4 is 10.6 Å². The predicted octanol–water partition coefficient (Wildman–Crippen LogP) is 2.73. The minimum atomic E-state index is -1.12. The van der Waals surface area contributed by atoms with Crippen molar-refractivity contribution in [3.05, 3.63) is 16.0 Å². The molecule has 8 heteroatoms. The molecule has 1 saturated carbocycles. The minimum absolute atomic E-state index is 0.108. The Labute approximate surface area is 162 Å². The van der Waals surface area contributed by atoms with E-state index in [0.29, 0.717) is 10.6 Å². The lowest BCUT2D eigenvalue weighted by molar-refractivity contribution is -0.143. The van der Waals surface area contributed by atoms with Crippen LogP contribution in [0.4, 0.5) is 5.00 Å². The molecule has 3 rings (SSSR count). The summed E-state index contributed by atoms with van der Waals surface area (Å²) in [5.41, 5.74) is 1.65.